The van der Waals surface area contributed by atoms with Gasteiger partial charge in [0.1, 0.15) is 0 Å². The van der Waals surface area contributed by atoms with Crippen LogP contribution < -0.4 is 9.47 Å². The van der Waals surface area contributed by atoms with Crippen LogP contribution in [0.2, 0.25) is 0 Å². The molecule has 2 rings (SSSR count). The van der Waals surface area contributed by atoms with Gasteiger partial charge < -0.3 is 19.3 Å². The predicted molar refractivity (Wildman–Crippen MR) is 73.2 cm³/mol. The van der Waals surface area contributed by atoms with Crippen molar-refractivity contribution in [1.82, 2.24) is 0 Å². The van der Waals surface area contributed by atoms with Crippen LogP contribution in [0.4, 0.5) is 0 Å². The minimum atomic E-state index is -0.407. The summed E-state index contributed by atoms with van der Waals surface area (Å²) < 4.78 is 15.8. The van der Waals surface area contributed by atoms with Crippen LogP contribution >= 0.6 is 0 Å². The molecule has 0 bridgehead atoms. The molecule has 0 spiro atoms. The number of aliphatic hydroxyl groups is 1. The molecule has 0 radical (unpaired) electrons. The van der Waals surface area contributed by atoms with Crippen molar-refractivity contribution in [3.8, 4) is 11.5 Å². The predicted octanol–water partition coefficient (Wildman–Crippen LogP) is 2.16. The zero-order valence-corrected chi connectivity index (χ0v) is 11.8. The number of hydrogen-bond donors (Lipinski definition) is 1. The first-order valence-corrected chi connectivity index (χ1v) is 6.75. The second kappa shape index (κ2) is 6.61. The molecule has 20 heavy (non-hydrogen) atoms. The van der Waals surface area contributed by atoms with Crippen LogP contribution in [0.25, 0.3) is 0 Å². The lowest BCUT2D eigenvalue weighted by atomic mass is 9.95. The van der Waals surface area contributed by atoms with Crippen molar-refractivity contribution in [2.24, 2.45) is 0 Å². The highest BCUT2D eigenvalue weighted by Crippen LogP contribution is 2.32. The van der Waals surface area contributed by atoms with E-state index in [-0.39, 0.29) is 12.2 Å². The topological polar surface area (TPSA) is 65.0 Å². The molecular formula is C15H20O5. The number of methoxy groups -OCH3 is 2. The number of ether oxygens (including phenoxy) is 3. The van der Waals surface area contributed by atoms with E-state index in [4.69, 9.17) is 9.47 Å². The van der Waals surface area contributed by atoms with Crippen molar-refractivity contribution in [3.05, 3.63) is 23.8 Å². The van der Waals surface area contributed by atoms with Crippen molar-refractivity contribution in [1.29, 1.82) is 0 Å². The van der Waals surface area contributed by atoms with E-state index in [9.17, 15) is 9.90 Å². The Balaban J connectivity index is 2.09. The van der Waals surface area contributed by atoms with Gasteiger partial charge in [-0.15, -0.1) is 0 Å². The Labute approximate surface area is 118 Å². The Hall–Kier alpha value is -1.75. The fraction of sp³-hybridized carbons (Fsp3) is 0.533. The Morgan fingerprint density at radius 1 is 1.15 bits per heavy atom. The van der Waals surface area contributed by atoms with Gasteiger partial charge in [-0.3, -0.25) is 0 Å². The molecule has 5 nitrogen and oxygen atoms in total. The van der Waals surface area contributed by atoms with Crippen LogP contribution in [-0.4, -0.2) is 37.5 Å². The number of carbonyl (C=O) groups excluding carboxylic acids is 1. The van der Waals surface area contributed by atoms with Gasteiger partial charge in [0.05, 0.1) is 32.0 Å². The molecule has 0 amide bonds. The van der Waals surface area contributed by atoms with E-state index in [2.05, 4.69) is 4.74 Å². The van der Waals surface area contributed by atoms with Crippen LogP contribution in [0.5, 0.6) is 11.5 Å². The summed E-state index contributed by atoms with van der Waals surface area (Å²) >= 11 is 0. The van der Waals surface area contributed by atoms with Gasteiger partial charge in [0.25, 0.3) is 0 Å². The van der Waals surface area contributed by atoms with E-state index >= 15 is 0 Å². The van der Waals surface area contributed by atoms with E-state index in [1.165, 1.54) is 14.2 Å². The molecule has 1 aromatic rings. The second-order valence-corrected chi connectivity index (χ2v) is 4.91. The third-order valence-corrected chi connectivity index (χ3v) is 3.52. The van der Waals surface area contributed by atoms with Crippen molar-refractivity contribution < 1.29 is 24.1 Å². The van der Waals surface area contributed by atoms with E-state index in [1.54, 1.807) is 18.2 Å². The van der Waals surface area contributed by atoms with Gasteiger partial charge in [0.15, 0.2) is 11.5 Å². The maximum Gasteiger partial charge on any atom is 0.337 e. The summed E-state index contributed by atoms with van der Waals surface area (Å²) in [7, 11) is 2.88. The molecule has 1 N–H and O–H groups in total. The maximum absolute atomic E-state index is 11.5. The van der Waals surface area contributed by atoms with Gasteiger partial charge in [-0.2, -0.15) is 0 Å². The van der Waals surface area contributed by atoms with Crippen LogP contribution in [0.15, 0.2) is 18.2 Å². The first-order chi connectivity index (χ1) is 9.63. The lowest BCUT2D eigenvalue weighted by Crippen LogP contribution is -2.26. The zero-order chi connectivity index (χ0) is 14.5. The molecule has 0 atom stereocenters. The summed E-state index contributed by atoms with van der Waals surface area (Å²) in [5.74, 6) is 0.719. The quantitative estimate of drug-likeness (QED) is 0.856. The number of benzene rings is 1. The third-order valence-electron chi connectivity index (χ3n) is 3.52. The monoisotopic (exact) mass is 280 g/mol. The molecule has 1 aliphatic carbocycles. The maximum atomic E-state index is 11.5. The largest absolute Gasteiger partial charge is 0.493 e. The van der Waals surface area contributed by atoms with Gasteiger partial charge in [-0.25, -0.2) is 4.79 Å². The number of carbonyl (C=O) groups is 1. The van der Waals surface area contributed by atoms with E-state index in [1.807, 2.05) is 0 Å². The van der Waals surface area contributed by atoms with Gasteiger partial charge in [0.2, 0.25) is 0 Å². The van der Waals surface area contributed by atoms with Gasteiger partial charge in [-0.05, 0) is 43.9 Å². The van der Waals surface area contributed by atoms with Crippen molar-refractivity contribution >= 4 is 5.97 Å². The average Bonchev–Trinajstić information content (AvgIpc) is 2.49. The normalized spacial score (nSPS) is 22.1. The summed E-state index contributed by atoms with van der Waals surface area (Å²) in [6.07, 6.45) is 3.03. The van der Waals surface area contributed by atoms with Crippen molar-refractivity contribution in [2.45, 2.75) is 37.9 Å². The minimum Gasteiger partial charge on any atom is -0.493 e. The molecule has 0 aliphatic heterocycles. The molecule has 5 heteroatoms. The summed E-state index contributed by atoms with van der Waals surface area (Å²) in [6, 6.07) is 4.98. The van der Waals surface area contributed by atoms with Gasteiger partial charge in [-0.1, -0.05) is 0 Å². The average molecular weight is 280 g/mol. The SMILES string of the molecule is COC(=O)c1ccc(OC2CCC(O)CC2)c(OC)c1. The minimum absolute atomic E-state index is 0.0799. The standard InChI is InChI=1S/C15H20O5/c1-18-14-9-10(15(17)19-2)3-8-13(14)20-12-6-4-11(16)5-7-12/h3,8-9,11-12,16H,4-7H2,1-2H3. The Morgan fingerprint density at radius 2 is 1.85 bits per heavy atom. The van der Waals surface area contributed by atoms with E-state index in [0.717, 1.165) is 25.7 Å². The second-order valence-electron chi connectivity index (χ2n) is 4.91. The summed E-state index contributed by atoms with van der Waals surface area (Å²) in [6.45, 7) is 0. The lowest BCUT2D eigenvalue weighted by molar-refractivity contribution is 0.0597. The van der Waals surface area contributed by atoms with Gasteiger partial charge in [0, 0.05) is 0 Å². The van der Waals surface area contributed by atoms with Crippen LogP contribution in [0, 0.1) is 0 Å². The summed E-state index contributed by atoms with van der Waals surface area (Å²) in [5, 5.41) is 9.49. The Bertz CT molecular complexity index is 463. The number of esters is 1. The first kappa shape index (κ1) is 14.7. The Morgan fingerprint density at radius 3 is 2.45 bits per heavy atom. The van der Waals surface area contributed by atoms with Gasteiger partial charge >= 0.3 is 5.97 Å². The molecule has 1 aromatic carbocycles. The molecule has 1 aliphatic rings. The zero-order valence-electron chi connectivity index (χ0n) is 11.8. The highest BCUT2D eigenvalue weighted by Gasteiger charge is 2.22. The fourth-order valence-electron chi connectivity index (χ4n) is 2.35. The summed E-state index contributed by atoms with van der Waals surface area (Å²) in [5.41, 5.74) is 0.427. The van der Waals surface area contributed by atoms with Crippen LogP contribution in [-0.2, 0) is 4.74 Å². The van der Waals surface area contributed by atoms with Crippen LogP contribution in [0.1, 0.15) is 36.0 Å². The Kier molecular flexibility index (Phi) is 4.84. The molecule has 1 saturated carbocycles. The summed E-state index contributed by atoms with van der Waals surface area (Å²) in [4.78, 5) is 11.5. The smallest absolute Gasteiger partial charge is 0.337 e. The molecule has 0 saturated heterocycles. The molecule has 0 heterocycles. The highest BCUT2D eigenvalue weighted by atomic mass is 16.5. The van der Waals surface area contributed by atoms with Crippen molar-refractivity contribution in [2.75, 3.05) is 14.2 Å². The lowest BCUT2D eigenvalue weighted by Gasteiger charge is -2.26. The first-order valence-electron chi connectivity index (χ1n) is 6.75. The molecule has 0 unspecified atom stereocenters. The van der Waals surface area contributed by atoms with Crippen LogP contribution in [0.3, 0.4) is 0 Å². The number of rotatable bonds is 4. The number of hydrogen-bond acceptors (Lipinski definition) is 5. The number of aliphatic hydroxyl groups excluding tert-OH is 1. The molecular weight excluding hydrogens is 260 g/mol. The van der Waals surface area contributed by atoms with E-state index < -0.39 is 5.97 Å². The fourth-order valence-corrected chi connectivity index (χ4v) is 2.35. The van der Waals surface area contributed by atoms with E-state index in [0.29, 0.717) is 17.1 Å². The molecule has 1 fully saturated rings. The molecule has 110 valence electrons. The molecule has 0 aromatic heterocycles. The third kappa shape index (κ3) is 3.42. The highest BCUT2D eigenvalue weighted by molar-refractivity contribution is 5.90. The van der Waals surface area contributed by atoms with Crippen molar-refractivity contribution in [3.63, 3.8) is 0 Å².